The Hall–Kier alpha value is -1.05. The fourth-order valence-electron chi connectivity index (χ4n) is 0.643. The second-order valence-corrected chi connectivity index (χ2v) is 1.91. The third kappa shape index (κ3) is 1.42. The molecule has 0 unspecified atom stereocenters. The van der Waals surface area contributed by atoms with E-state index in [0.717, 1.165) is 5.82 Å². The summed E-state index contributed by atoms with van der Waals surface area (Å²) in [6.07, 6.45) is 1.76. The Balaban J connectivity index is 2.94. The Morgan fingerprint density at radius 3 is 2.78 bits per heavy atom. The van der Waals surface area contributed by atoms with Crippen molar-refractivity contribution in [1.29, 1.82) is 0 Å². The van der Waals surface area contributed by atoms with Gasteiger partial charge in [-0.2, -0.15) is 0 Å². The van der Waals surface area contributed by atoms with Crippen LogP contribution in [0.1, 0.15) is 5.56 Å². The molecule has 0 atom stereocenters. The number of pyridine rings is 1. The van der Waals surface area contributed by atoms with E-state index in [1.165, 1.54) is 5.56 Å². The predicted molar refractivity (Wildman–Crippen MR) is 37.9 cm³/mol. The van der Waals surface area contributed by atoms with Crippen LogP contribution in [0.15, 0.2) is 18.3 Å². The molecular formula is C7H9N2-. The zero-order chi connectivity index (χ0) is 6.69. The van der Waals surface area contributed by atoms with Crippen molar-refractivity contribution in [2.45, 2.75) is 6.92 Å². The summed E-state index contributed by atoms with van der Waals surface area (Å²) in [6, 6.07) is 3.90. The number of aryl methyl sites for hydroxylation is 1. The number of nitrogens with zero attached hydrogens (tertiary/aromatic N) is 2. The van der Waals surface area contributed by atoms with Crippen molar-refractivity contribution in [3.8, 4) is 0 Å². The van der Waals surface area contributed by atoms with Gasteiger partial charge in [0, 0.05) is 0 Å². The SMILES string of the molecule is C[N-]c1cc(C)ccn1. The summed E-state index contributed by atoms with van der Waals surface area (Å²) in [6.45, 7) is 2.02. The van der Waals surface area contributed by atoms with E-state index in [0.29, 0.717) is 0 Å². The van der Waals surface area contributed by atoms with E-state index in [1.54, 1.807) is 13.2 Å². The number of rotatable bonds is 1. The second kappa shape index (κ2) is 2.49. The molecule has 0 amide bonds. The summed E-state index contributed by atoms with van der Waals surface area (Å²) in [5.74, 6) is 0.801. The minimum absolute atomic E-state index is 0.801. The summed E-state index contributed by atoms with van der Waals surface area (Å²) in [7, 11) is 1.74. The molecule has 0 aliphatic carbocycles. The molecule has 9 heavy (non-hydrogen) atoms. The molecule has 0 aliphatic heterocycles. The van der Waals surface area contributed by atoms with Crippen LogP contribution in [-0.2, 0) is 0 Å². The molecule has 2 heteroatoms. The van der Waals surface area contributed by atoms with E-state index in [9.17, 15) is 0 Å². The Bertz CT molecular complexity index is 196. The average molecular weight is 121 g/mol. The van der Waals surface area contributed by atoms with Crippen LogP contribution in [0.2, 0.25) is 0 Å². The molecule has 2 nitrogen and oxygen atoms in total. The molecule has 0 saturated heterocycles. The summed E-state index contributed by atoms with van der Waals surface area (Å²) in [5, 5.41) is 3.92. The van der Waals surface area contributed by atoms with E-state index in [1.807, 2.05) is 19.1 Å². The van der Waals surface area contributed by atoms with Crippen molar-refractivity contribution in [2.24, 2.45) is 0 Å². The van der Waals surface area contributed by atoms with Crippen LogP contribution >= 0.6 is 0 Å². The minimum Gasteiger partial charge on any atom is -0.469 e. The zero-order valence-electron chi connectivity index (χ0n) is 5.63. The van der Waals surface area contributed by atoms with Gasteiger partial charge in [-0.15, -0.1) is 0 Å². The molecule has 0 aliphatic rings. The molecule has 0 fully saturated rings. The van der Waals surface area contributed by atoms with Crippen LogP contribution < -0.4 is 0 Å². The first-order valence-corrected chi connectivity index (χ1v) is 2.85. The van der Waals surface area contributed by atoms with Crippen molar-refractivity contribution in [2.75, 3.05) is 7.05 Å². The topological polar surface area (TPSA) is 27.0 Å². The lowest BCUT2D eigenvalue weighted by atomic mass is 10.3. The number of hydrogen-bond acceptors (Lipinski definition) is 1. The molecule has 1 rings (SSSR count). The Morgan fingerprint density at radius 2 is 2.33 bits per heavy atom. The number of aromatic nitrogens is 1. The fraction of sp³-hybridized carbons (Fsp3) is 0.286. The van der Waals surface area contributed by atoms with Gasteiger partial charge >= 0.3 is 0 Å². The van der Waals surface area contributed by atoms with Crippen molar-refractivity contribution >= 4 is 5.82 Å². The van der Waals surface area contributed by atoms with Crippen LogP contribution in [0, 0.1) is 6.92 Å². The van der Waals surface area contributed by atoms with E-state index >= 15 is 0 Å². The maximum Gasteiger partial charge on any atom is -0.0398 e. The number of hydrogen-bond donors (Lipinski definition) is 0. The van der Waals surface area contributed by atoms with Crippen LogP contribution in [0.4, 0.5) is 5.82 Å². The predicted octanol–water partition coefficient (Wildman–Crippen LogP) is 2.03. The Labute approximate surface area is 54.9 Å². The van der Waals surface area contributed by atoms with Gasteiger partial charge in [0.2, 0.25) is 0 Å². The third-order valence-electron chi connectivity index (χ3n) is 1.13. The molecular weight excluding hydrogens is 112 g/mol. The highest BCUT2D eigenvalue weighted by atomic mass is 14.9. The lowest BCUT2D eigenvalue weighted by molar-refractivity contribution is 1.29. The molecule has 1 aromatic heterocycles. The standard InChI is InChI=1S/C7H9N2/c1-6-3-4-9-7(5-6)8-2/h3-5H,1-2H3/q-1. The average Bonchev–Trinajstić information content (AvgIpc) is 1.88. The molecule has 1 aromatic rings. The van der Waals surface area contributed by atoms with E-state index < -0.39 is 0 Å². The van der Waals surface area contributed by atoms with Crippen molar-refractivity contribution < 1.29 is 0 Å². The van der Waals surface area contributed by atoms with Gasteiger partial charge in [0.25, 0.3) is 0 Å². The molecule has 0 saturated carbocycles. The van der Waals surface area contributed by atoms with Crippen LogP contribution in [0.5, 0.6) is 0 Å². The summed E-state index contributed by atoms with van der Waals surface area (Å²) >= 11 is 0. The normalized spacial score (nSPS) is 9.11. The van der Waals surface area contributed by atoms with Crippen LogP contribution in [0.25, 0.3) is 5.32 Å². The molecule has 0 bridgehead atoms. The molecule has 0 N–H and O–H groups in total. The fourth-order valence-corrected chi connectivity index (χ4v) is 0.643. The monoisotopic (exact) mass is 121 g/mol. The first-order valence-electron chi connectivity index (χ1n) is 2.85. The smallest absolute Gasteiger partial charge is 0.0398 e. The lowest BCUT2D eigenvalue weighted by Crippen LogP contribution is -1.75. The molecule has 0 aromatic carbocycles. The first kappa shape index (κ1) is 6.08. The van der Waals surface area contributed by atoms with Gasteiger partial charge < -0.3 is 10.3 Å². The zero-order valence-corrected chi connectivity index (χ0v) is 5.63. The first-order chi connectivity index (χ1) is 4.33. The van der Waals surface area contributed by atoms with Crippen molar-refractivity contribution in [3.63, 3.8) is 0 Å². The molecule has 48 valence electrons. The molecule has 0 spiro atoms. The summed E-state index contributed by atoms with van der Waals surface area (Å²) < 4.78 is 0. The van der Waals surface area contributed by atoms with Gasteiger partial charge in [0.1, 0.15) is 0 Å². The van der Waals surface area contributed by atoms with Crippen LogP contribution in [0.3, 0.4) is 0 Å². The van der Waals surface area contributed by atoms with E-state index in [2.05, 4.69) is 10.3 Å². The van der Waals surface area contributed by atoms with E-state index in [-0.39, 0.29) is 0 Å². The van der Waals surface area contributed by atoms with Crippen molar-refractivity contribution in [1.82, 2.24) is 4.98 Å². The second-order valence-electron chi connectivity index (χ2n) is 1.91. The quantitative estimate of drug-likeness (QED) is 0.558. The van der Waals surface area contributed by atoms with E-state index in [4.69, 9.17) is 0 Å². The molecule has 1 heterocycles. The Morgan fingerprint density at radius 1 is 1.56 bits per heavy atom. The largest absolute Gasteiger partial charge is 0.469 e. The maximum absolute atomic E-state index is 3.99. The van der Waals surface area contributed by atoms with Gasteiger partial charge in [0.15, 0.2) is 0 Å². The maximum atomic E-state index is 3.99. The van der Waals surface area contributed by atoms with Gasteiger partial charge in [-0.1, -0.05) is 36.8 Å². The highest BCUT2D eigenvalue weighted by molar-refractivity contribution is 5.40. The van der Waals surface area contributed by atoms with Gasteiger partial charge in [0.05, 0.1) is 0 Å². The van der Waals surface area contributed by atoms with Gasteiger partial charge in [-0.3, -0.25) is 0 Å². The summed E-state index contributed by atoms with van der Waals surface area (Å²) in [4.78, 5) is 3.99. The highest BCUT2D eigenvalue weighted by Crippen LogP contribution is 2.11. The lowest BCUT2D eigenvalue weighted by Gasteiger charge is -2.08. The van der Waals surface area contributed by atoms with Crippen LogP contribution in [-0.4, -0.2) is 12.0 Å². The third-order valence-corrected chi connectivity index (χ3v) is 1.13. The van der Waals surface area contributed by atoms with Gasteiger partial charge in [-0.25, -0.2) is 0 Å². The molecule has 0 radical (unpaired) electrons. The van der Waals surface area contributed by atoms with Crippen molar-refractivity contribution in [3.05, 3.63) is 29.2 Å². The summed E-state index contributed by atoms with van der Waals surface area (Å²) in [5.41, 5.74) is 1.20. The highest BCUT2D eigenvalue weighted by Gasteiger charge is 1.77. The van der Waals surface area contributed by atoms with Gasteiger partial charge in [-0.05, 0) is 6.92 Å². The Kier molecular flexibility index (Phi) is 1.68. The minimum atomic E-state index is 0.801.